The van der Waals surface area contributed by atoms with Crippen molar-refractivity contribution in [1.29, 1.82) is 0 Å². The van der Waals surface area contributed by atoms with Crippen LogP contribution in [0, 0.1) is 0 Å². The van der Waals surface area contributed by atoms with E-state index in [2.05, 4.69) is 177 Å². The summed E-state index contributed by atoms with van der Waals surface area (Å²) >= 11 is -0.826. The number of aryl methyl sites for hydroxylation is 1. The Balaban J connectivity index is 0.000000229. The van der Waals surface area contributed by atoms with E-state index in [9.17, 15) is 0 Å². The van der Waals surface area contributed by atoms with Gasteiger partial charge in [0.25, 0.3) is 0 Å². The third-order valence-corrected chi connectivity index (χ3v) is 11.2. The fraction of sp³-hybridized carbons (Fsp3) is 0.318. The van der Waals surface area contributed by atoms with Crippen LogP contribution in [0.4, 0.5) is 0 Å². The van der Waals surface area contributed by atoms with Crippen molar-refractivity contribution in [2.45, 2.75) is 92.0 Å². The van der Waals surface area contributed by atoms with Gasteiger partial charge in [0, 0.05) is 9.52 Å². The van der Waals surface area contributed by atoms with Crippen LogP contribution < -0.4 is 5.19 Å². The standard InChI is InChI=1S/C22H25.C20H23Si.C2H6Si.2ClH.Zr/c1-5-16(4)20-13-19-7-6-8-21(22(19)14-20)18-11-9-17(10-12-18)15(2)3;1-5-15-13-17-7-6-8-19(20(17)14-15)16-9-11-18(12-10-16)21(2,3)4;1-3-2;;;/h6-16H,5H2,1-4H3;6-14H,5H2,1-4H3;1-2H3;2*1H;/q2*-1;;;;+4/p-2. The Hall–Kier alpha value is -2.00. The molecule has 0 heterocycles. The van der Waals surface area contributed by atoms with Crippen molar-refractivity contribution >= 4 is 61.4 Å². The molecule has 0 saturated heterocycles. The molecule has 0 N–H and O–H groups in total. The molecule has 256 valence electrons. The Bertz CT molecular complexity index is 1840. The van der Waals surface area contributed by atoms with E-state index in [4.69, 9.17) is 17.0 Å². The van der Waals surface area contributed by atoms with Crippen LogP contribution >= 0.6 is 17.0 Å². The summed E-state index contributed by atoms with van der Waals surface area (Å²) in [4.78, 5) is 0. The number of hydrogen-bond donors (Lipinski definition) is 0. The third kappa shape index (κ3) is 11.5. The fourth-order valence-corrected chi connectivity index (χ4v) is 7.15. The minimum absolute atomic E-state index is 0.584. The molecule has 6 aromatic rings. The van der Waals surface area contributed by atoms with Crippen LogP contribution in [-0.2, 0) is 27.3 Å². The SMILES string of the molecule is CCC(C)c1cc2c(-c3ccc(C(C)C)cc3)cccc2[cH-]1.CCc1cc2c(-c3ccc([Si](C)(C)C)cc3)cccc2[cH-]1.C[Si]C.[Cl][Zr+2][Cl]. The molecule has 0 amide bonds. The molecule has 0 nitrogen and oxygen atoms in total. The average Bonchev–Trinajstić information content (AvgIpc) is 3.73. The van der Waals surface area contributed by atoms with Crippen molar-refractivity contribution in [3.8, 4) is 22.3 Å². The molecule has 1 atom stereocenters. The van der Waals surface area contributed by atoms with Crippen molar-refractivity contribution in [2.24, 2.45) is 0 Å². The second-order valence-corrected chi connectivity index (χ2v) is 23.9. The molecule has 49 heavy (non-hydrogen) atoms. The number of hydrogen-bond acceptors (Lipinski definition) is 0. The maximum absolute atomic E-state index is 4.93. The van der Waals surface area contributed by atoms with E-state index < -0.39 is 28.9 Å². The van der Waals surface area contributed by atoms with Gasteiger partial charge in [0.2, 0.25) is 0 Å². The van der Waals surface area contributed by atoms with Gasteiger partial charge in [-0.05, 0) is 34.9 Å². The molecule has 6 aromatic carbocycles. The average molecular weight is 801 g/mol. The zero-order chi connectivity index (χ0) is 36.1. The monoisotopic (exact) mass is 798 g/mol. The van der Waals surface area contributed by atoms with Gasteiger partial charge in [0.15, 0.2) is 0 Å². The second kappa shape index (κ2) is 20.1. The van der Waals surface area contributed by atoms with Gasteiger partial charge in [-0.3, -0.25) is 0 Å². The van der Waals surface area contributed by atoms with E-state index in [0.29, 0.717) is 11.8 Å². The van der Waals surface area contributed by atoms with E-state index in [1.54, 1.807) is 0 Å². The molecule has 0 fully saturated rings. The van der Waals surface area contributed by atoms with Crippen LogP contribution in [0.1, 0.15) is 69.6 Å². The predicted molar refractivity (Wildman–Crippen MR) is 224 cm³/mol. The molecule has 0 aliphatic carbocycles. The van der Waals surface area contributed by atoms with E-state index in [1.165, 1.54) is 72.1 Å². The maximum atomic E-state index is 4.93. The third-order valence-electron chi connectivity index (χ3n) is 9.12. The fourth-order valence-electron chi connectivity index (χ4n) is 5.98. The molecule has 1 unspecified atom stereocenters. The van der Waals surface area contributed by atoms with Crippen LogP contribution in [-0.4, -0.2) is 17.6 Å². The predicted octanol–water partition coefficient (Wildman–Crippen LogP) is 14.4. The molecule has 0 spiro atoms. The van der Waals surface area contributed by atoms with E-state index in [-0.39, 0.29) is 0 Å². The zero-order valence-corrected chi connectivity index (χ0v) is 37.2. The summed E-state index contributed by atoms with van der Waals surface area (Å²) in [6.07, 6.45) is 2.29. The van der Waals surface area contributed by atoms with Gasteiger partial charge >= 0.3 is 37.9 Å². The summed E-state index contributed by atoms with van der Waals surface area (Å²) in [5.41, 5.74) is 9.64. The van der Waals surface area contributed by atoms with Crippen molar-refractivity contribution < 1.29 is 20.8 Å². The van der Waals surface area contributed by atoms with Crippen LogP contribution in [0.5, 0.6) is 0 Å². The summed E-state index contributed by atoms with van der Waals surface area (Å²) in [5, 5.41) is 7.01. The van der Waals surface area contributed by atoms with E-state index in [1.807, 2.05) is 0 Å². The van der Waals surface area contributed by atoms with Crippen LogP contribution in [0.15, 0.2) is 109 Å². The van der Waals surface area contributed by atoms with Crippen LogP contribution in [0.2, 0.25) is 32.7 Å². The first-order valence-electron chi connectivity index (χ1n) is 17.6. The summed E-state index contributed by atoms with van der Waals surface area (Å²) in [6, 6.07) is 41.0. The molecule has 0 bridgehead atoms. The first-order chi connectivity index (χ1) is 23.4. The molecule has 5 heteroatoms. The molecule has 0 aliphatic rings. The number of fused-ring (bicyclic) bond motifs is 2. The Morgan fingerprint density at radius 2 is 1.16 bits per heavy atom. The van der Waals surface area contributed by atoms with Gasteiger partial charge in [-0.25, -0.2) is 0 Å². The molecule has 0 saturated carbocycles. The first kappa shape index (κ1) is 41.4. The Kier molecular flexibility index (Phi) is 17.0. The number of halogens is 2. The van der Waals surface area contributed by atoms with Crippen molar-refractivity contribution in [1.82, 2.24) is 0 Å². The minimum atomic E-state index is -1.21. The van der Waals surface area contributed by atoms with Gasteiger partial charge in [0.05, 0.1) is 8.07 Å². The van der Waals surface area contributed by atoms with E-state index in [0.717, 1.165) is 15.9 Å². The number of rotatable bonds is 7. The Morgan fingerprint density at radius 1 is 0.694 bits per heavy atom. The van der Waals surface area contributed by atoms with Crippen molar-refractivity contribution in [2.75, 3.05) is 0 Å². The van der Waals surface area contributed by atoms with Gasteiger partial charge in [-0.15, -0.1) is 69.1 Å². The molecular formula is C44H54Cl2Si2Zr. The Morgan fingerprint density at radius 3 is 1.61 bits per heavy atom. The molecular weight excluding hydrogens is 747 g/mol. The summed E-state index contributed by atoms with van der Waals surface area (Å²) in [5.74, 6) is 1.21. The summed E-state index contributed by atoms with van der Waals surface area (Å²) in [7, 11) is 9.74. The molecule has 0 aliphatic heterocycles. The zero-order valence-electron chi connectivity index (χ0n) is 31.2. The van der Waals surface area contributed by atoms with Crippen LogP contribution in [0.3, 0.4) is 0 Å². The second-order valence-electron chi connectivity index (χ2n) is 14.1. The summed E-state index contributed by atoms with van der Waals surface area (Å²) in [6.45, 7) is 22.8. The quantitative estimate of drug-likeness (QED) is 0.111. The van der Waals surface area contributed by atoms with E-state index >= 15 is 0 Å². The Labute approximate surface area is 319 Å². The van der Waals surface area contributed by atoms with Gasteiger partial charge in [0.1, 0.15) is 0 Å². The van der Waals surface area contributed by atoms with Gasteiger partial charge in [-0.1, -0.05) is 151 Å². The molecule has 0 aromatic heterocycles. The summed E-state index contributed by atoms with van der Waals surface area (Å²) < 4.78 is 0. The van der Waals surface area contributed by atoms with Gasteiger partial charge in [-0.2, -0.15) is 12.1 Å². The van der Waals surface area contributed by atoms with Crippen molar-refractivity contribution in [3.05, 3.63) is 126 Å². The molecule has 2 radical (unpaired) electrons. The first-order valence-corrected chi connectivity index (χ1v) is 29.4. The van der Waals surface area contributed by atoms with Crippen molar-refractivity contribution in [3.63, 3.8) is 0 Å². The normalized spacial score (nSPS) is 11.5. The van der Waals surface area contributed by atoms with Gasteiger partial charge < -0.3 is 0 Å². The topological polar surface area (TPSA) is 0 Å². The van der Waals surface area contributed by atoms with Crippen LogP contribution in [0.25, 0.3) is 43.8 Å². The number of benzene rings is 4. The molecule has 6 rings (SSSR count).